The van der Waals surface area contributed by atoms with E-state index < -0.39 is 11.7 Å². The second-order valence-corrected chi connectivity index (χ2v) is 7.26. The minimum absolute atomic E-state index is 0.236. The third-order valence-corrected chi connectivity index (χ3v) is 3.55. The lowest BCUT2D eigenvalue weighted by Crippen LogP contribution is -2.42. The summed E-state index contributed by atoms with van der Waals surface area (Å²) in [6, 6.07) is 6.88. The molecule has 2 amide bonds. The fraction of sp³-hybridized carbons (Fsp3) is 0.526. The lowest BCUT2D eigenvalue weighted by molar-refractivity contribution is 0.0528. The molecule has 0 saturated carbocycles. The maximum Gasteiger partial charge on any atom is 0.407 e. The fourth-order valence-corrected chi connectivity index (χ4v) is 2.30. The molecule has 0 spiro atoms. The van der Waals surface area contributed by atoms with Gasteiger partial charge in [0.25, 0.3) is 5.91 Å². The Kier molecular flexibility index (Phi) is 10.2. The summed E-state index contributed by atoms with van der Waals surface area (Å²) in [5, 5.41) is 12.1. The van der Waals surface area contributed by atoms with E-state index in [1.165, 1.54) is 0 Å². The first kappa shape index (κ1) is 23.6. The highest BCUT2D eigenvalue weighted by molar-refractivity contribution is 6.33. The number of halogens is 1. The van der Waals surface area contributed by atoms with Gasteiger partial charge in [-0.15, -0.1) is 0 Å². The molecule has 0 aliphatic rings. The number of alkyl carbamates (subject to hydrolysis) is 1. The van der Waals surface area contributed by atoms with E-state index in [1.54, 1.807) is 24.3 Å². The molecule has 0 aromatic heterocycles. The summed E-state index contributed by atoms with van der Waals surface area (Å²) in [6.07, 6.45) is -0.460. The van der Waals surface area contributed by atoms with E-state index in [0.717, 1.165) is 0 Å². The number of carbonyl (C=O) groups excluding carboxylic acids is 2. The fourth-order valence-electron chi connectivity index (χ4n) is 2.08. The van der Waals surface area contributed by atoms with Gasteiger partial charge < -0.3 is 26.0 Å². The Hall–Kier alpha value is -2.48. The van der Waals surface area contributed by atoms with Crippen molar-refractivity contribution in [1.29, 1.82) is 0 Å². The molecule has 0 heterocycles. The van der Waals surface area contributed by atoms with Crippen LogP contribution in [0.2, 0.25) is 5.02 Å². The Bertz CT molecular complexity index is 674. The highest BCUT2D eigenvalue weighted by Gasteiger charge is 2.15. The average molecular weight is 412 g/mol. The van der Waals surface area contributed by atoms with Crippen molar-refractivity contribution in [2.24, 2.45) is 4.99 Å². The molecule has 1 aromatic carbocycles. The Morgan fingerprint density at radius 1 is 1.04 bits per heavy atom. The normalized spacial score (nSPS) is 11.5. The lowest BCUT2D eigenvalue weighted by atomic mass is 10.2. The quantitative estimate of drug-likeness (QED) is 0.298. The highest BCUT2D eigenvalue weighted by Crippen LogP contribution is 2.14. The van der Waals surface area contributed by atoms with Crippen LogP contribution in [0.15, 0.2) is 29.3 Å². The van der Waals surface area contributed by atoms with Crippen LogP contribution >= 0.6 is 11.6 Å². The van der Waals surface area contributed by atoms with Crippen LogP contribution < -0.4 is 21.3 Å². The van der Waals surface area contributed by atoms with E-state index in [1.807, 2.05) is 27.7 Å². The third-order valence-electron chi connectivity index (χ3n) is 3.22. The number of amides is 2. The number of nitrogens with one attached hydrogen (secondary N) is 4. The summed E-state index contributed by atoms with van der Waals surface area (Å²) < 4.78 is 5.17. The second-order valence-electron chi connectivity index (χ2n) is 6.85. The molecule has 0 saturated heterocycles. The third kappa shape index (κ3) is 10.0. The van der Waals surface area contributed by atoms with Crippen LogP contribution in [0, 0.1) is 0 Å². The molecule has 156 valence electrons. The van der Waals surface area contributed by atoms with Gasteiger partial charge in [0.2, 0.25) is 0 Å². The van der Waals surface area contributed by atoms with Gasteiger partial charge in [-0.05, 0) is 39.8 Å². The Balaban J connectivity index is 2.34. The average Bonchev–Trinajstić information content (AvgIpc) is 2.60. The molecule has 28 heavy (non-hydrogen) atoms. The molecule has 0 aliphatic carbocycles. The molecule has 4 N–H and O–H groups in total. The van der Waals surface area contributed by atoms with E-state index in [9.17, 15) is 9.59 Å². The smallest absolute Gasteiger partial charge is 0.407 e. The van der Waals surface area contributed by atoms with E-state index in [0.29, 0.717) is 49.3 Å². The Morgan fingerprint density at radius 2 is 1.71 bits per heavy atom. The summed E-state index contributed by atoms with van der Waals surface area (Å²) in [5.74, 6) is 0.362. The van der Waals surface area contributed by atoms with Gasteiger partial charge in [0.05, 0.1) is 17.1 Å². The molecule has 0 unspecified atom stereocenters. The SMILES string of the molecule is CCNC(=NCCNC(=O)c1ccccc1Cl)NCCNC(=O)OC(C)(C)C. The number of guanidine groups is 1. The van der Waals surface area contributed by atoms with E-state index in [2.05, 4.69) is 26.3 Å². The summed E-state index contributed by atoms with van der Waals surface area (Å²) in [4.78, 5) is 28.1. The number of rotatable bonds is 8. The molecule has 9 heteroatoms. The molecule has 0 bridgehead atoms. The number of nitrogens with zero attached hydrogens (tertiary/aromatic N) is 1. The van der Waals surface area contributed by atoms with Gasteiger partial charge in [-0.1, -0.05) is 23.7 Å². The van der Waals surface area contributed by atoms with Crippen LogP contribution in [-0.4, -0.2) is 56.3 Å². The summed E-state index contributed by atoms with van der Waals surface area (Å²) in [5.41, 5.74) is -0.0890. The first-order chi connectivity index (χ1) is 13.2. The largest absolute Gasteiger partial charge is 0.444 e. The number of ether oxygens (including phenoxy) is 1. The van der Waals surface area contributed by atoms with Crippen molar-refractivity contribution in [3.8, 4) is 0 Å². The Labute approximate surface area is 171 Å². The van der Waals surface area contributed by atoms with Crippen LogP contribution in [-0.2, 0) is 4.74 Å². The molecule has 0 fully saturated rings. The zero-order chi connectivity index (χ0) is 21.0. The number of hydrogen-bond acceptors (Lipinski definition) is 4. The first-order valence-corrected chi connectivity index (χ1v) is 9.62. The first-order valence-electron chi connectivity index (χ1n) is 9.24. The predicted molar refractivity (Wildman–Crippen MR) is 112 cm³/mol. The second kappa shape index (κ2) is 12.1. The van der Waals surface area contributed by atoms with Gasteiger partial charge in [-0.2, -0.15) is 0 Å². The molecule has 0 atom stereocenters. The lowest BCUT2D eigenvalue weighted by Gasteiger charge is -2.19. The van der Waals surface area contributed by atoms with Crippen LogP contribution in [0.1, 0.15) is 38.1 Å². The molecule has 1 aromatic rings. The minimum atomic E-state index is -0.525. The Morgan fingerprint density at radius 3 is 2.36 bits per heavy atom. The van der Waals surface area contributed by atoms with Crippen molar-refractivity contribution >= 4 is 29.6 Å². The van der Waals surface area contributed by atoms with E-state index in [4.69, 9.17) is 16.3 Å². The highest BCUT2D eigenvalue weighted by atomic mass is 35.5. The van der Waals surface area contributed by atoms with Crippen molar-refractivity contribution in [1.82, 2.24) is 21.3 Å². The van der Waals surface area contributed by atoms with E-state index in [-0.39, 0.29) is 5.91 Å². The summed E-state index contributed by atoms with van der Waals surface area (Å²) >= 11 is 6.00. The number of aliphatic imine (C=N–C) groups is 1. The van der Waals surface area contributed by atoms with Gasteiger partial charge in [0.15, 0.2) is 5.96 Å². The topological polar surface area (TPSA) is 104 Å². The van der Waals surface area contributed by atoms with Crippen LogP contribution in [0.25, 0.3) is 0 Å². The standard InChI is InChI=1S/C19H30ClN5O3/c1-5-21-17(24-12-13-25-18(27)28-19(2,3)4)23-11-10-22-16(26)14-8-6-7-9-15(14)20/h6-9H,5,10-13H2,1-4H3,(H,22,26)(H,25,27)(H2,21,23,24). The zero-order valence-corrected chi connectivity index (χ0v) is 17.7. The molecular weight excluding hydrogens is 382 g/mol. The maximum absolute atomic E-state index is 12.1. The molecule has 8 nitrogen and oxygen atoms in total. The van der Waals surface area contributed by atoms with E-state index >= 15 is 0 Å². The van der Waals surface area contributed by atoms with Crippen LogP contribution in [0.4, 0.5) is 4.79 Å². The van der Waals surface area contributed by atoms with Gasteiger partial charge >= 0.3 is 6.09 Å². The molecule has 0 radical (unpaired) electrons. The molecule has 0 aliphatic heterocycles. The monoisotopic (exact) mass is 411 g/mol. The van der Waals surface area contributed by atoms with Crippen LogP contribution in [0.3, 0.4) is 0 Å². The summed E-state index contributed by atoms with van der Waals surface area (Å²) in [7, 11) is 0. The number of hydrogen-bond donors (Lipinski definition) is 4. The maximum atomic E-state index is 12.1. The minimum Gasteiger partial charge on any atom is -0.444 e. The predicted octanol–water partition coefficient (Wildman–Crippen LogP) is 2.15. The van der Waals surface area contributed by atoms with Gasteiger partial charge in [0, 0.05) is 26.2 Å². The zero-order valence-electron chi connectivity index (χ0n) is 16.9. The molecule has 1 rings (SSSR count). The van der Waals surface area contributed by atoms with Crippen molar-refractivity contribution < 1.29 is 14.3 Å². The van der Waals surface area contributed by atoms with Crippen molar-refractivity contribution in [2.45, 2.75) is 33.3 Å². The number of carbonyl (C=O) groups is 2. The van der Waals surface area contributed by atoms with Crippen LogP contribution in [0.5, 0.6) is 0 Å². The van der Waals surface area contributed by atoms with Crippen molar-refractivity contribution in [3.63, 3.8) is 0 Å². The molecular formula is C19H30ClN5O3. The van der Waals surface area contributed by atoms with Gasteiger partial charge in [-0.3, -0.25) is 9.79 Å². The van der Waals surface area contributed by atoms with Gasteiger partial charge in [0.1, 0.15) is 5.60 Å². The van der Waals surface area contributed by atoms with Gasteiger partial charge in [-0.25, -0.2) is 4.79 Å². The van der Waals surface area contributed by atoms with Crippen molar-refractivity contribution in [2.75, 3.05) is 32.7 Å². The van der Waals surface area contributed by atoms with Crippen molar-refractivity contribution in [3.05, 3.63) is 34.9 Å². The number of benzene rings is 1. The summed E-state index contributed by atoms with van der Waals surface area (Å²) in [6.45, 7) is 9.72.